The number of ether oxygens (including phenoxy) is 1. The van der Waals surface area contributed by atoms with Gasteiger partial charge in [-0.25, -0.2) is 4.79 Å². The molecule has 0 heterocycles. The molecule has 3 aromatic carbocycles. The first-order chi connectivity index (χ1) is 12.6. The highest BCUT2D eigenvalue weighted by Crippen LogP contribution is 2.26. The number of aryl methyl sites for hydroxylation is 1. The van der Waals surface area contributed by atoms with Gasteiger partial charge in [0.25, 0.3) is 0 Å². The van der Waals surface area contributed by atoms with Crippen molar-refractivity contribution in [2.45, 2.75) is 13.0 Å². The third-order valence-electron chi connectivity index (χ3n) is 4.06. The van der Waals surface area contributed by atoms with Crippen LogP contribution in [0.3, 0.4) is 0 Å². The summed E-state index contributed by atoms with van der Waals surface area (Å²) >= 11 is 5.94. The number of benzene rings is 3. The van der Waals surface area contributed by atoms with Crippen LogP contribution in [0.15, 0.2) is 78.9 Å². The van der Waals surface area contributed by atoms with Crippen molar-refractivity contribution in [3.63, 3.8) is 0 Å². The Morgan fingerprint density at radius 3 is 2.12 bits per heavy atom. The first-order valence-electron chi connectivity index (χ1n) is 8.17. The lowest BCUT2D eigenvalue weighted by atomic mass is 9.99. The highest BCUT2D eigenvalue weighted by molar-refractivity contribution is 6.30. The van der Waals surface area contributed by atoms with Gasteiger partial charge in [-0.2, -0.15) is 0 Å². The fraction of sp³-hybridized carbons (Fsp3) is 0.0909. The highest BCUT2D eigenvalue weighted by atomic mass is 35.5. The summed E-state index contributed by atoms with van der Waals surface area (Å²) in [5.74, 6) is -0.817. The second-order valence-corrected chi connectivity index (χ2v) is 6.32. The van der Waals surface area contributed by atoms with E-state index in [1.165, 1.54) is 0 Å². The van der Waals surface area contributed by atoms with Crippen LogP contribution in [0.5, 0.6) is 0 Å². The molecule has 0 saturated carbocycles. The van der Waals surface area contributed by atoms with Crippen LogP contribution < -0.4 is 0 Å². The number of rotatable bonds is 5. The number of carbonyl (C=O) groups is 2. The van der Waals surface area contributed by atoms with E-state index in [-0.39, 0.29) is 5.78 Å². The van der Waals surface area contributed by atoms with Crippen LogP contribution in [0.1, 0.15) is 37.9 Å². The van der Waals surface area contributed by atoms with Gasteiger partial charge in [0.05, 0.1) is 5.56 Å². The molecule has 3 rings (SSSR count). The van der Waals surface area contributed by atoms with Gasteiger partial charge in [0.1, 0.15) is 0 Å². The Balaban J connectivity index is 1.95. The van der Waals surface area contributed by atoms with E-state index >= 15 is 0 Å². The molecule has 0 unspecified atom stereocenters. The topological polar surface area (TPSA) is 43.4 Å². The molecule has 1 atom stereocenters. The minimum absolute atomic E-state index is 0.283. The molecule has 0 saturated heterocycles. The molecular formula is C22H17ClO3. The fourth-order valence-electron chi connectivity index (χ4n) is 2.64. The Hall–Kier alpha value is -2.91. The lowest BCUT2D eigenvalue weighted by Crippen LogP contribution is -2.20. The summed E-state index contributed by atoms with van der Waals surface area (Å²) in [5.41, 5.74) is 2.28. The zero-order chi connectivity index (χ0) is 18.5. The van der Waals surface area contributed by atoms with E-state index in [0.717, 1.165) is 5.56 Å². The minimum Gasteiger partial charge on any atom is -0.445 e. The van der Waals surface area contributed by atoms with E-state index < -0.39 is 12.1 Å². The number of esters is 1. The van der Waals surface area contributed by atoms with Gasteiger partial charge >= 0.3 is 5.97 Å². The number of halogens is 1. The summed E-state index contributed by atoms with van der Waals surface area (Å²) in [4.78, 5) is 25.6. The molecule has 0 N–H and O–H groups in total. The number of Topliss-reactive ketones (excluding diaryl/α,β-unsaturated/α-hetero) is 1. The van der Waals surface area contributed by atoms with Gasteiger partial charge in [-0.1, -0.05) is 72.3 Å². The Labute approximate surface area is 157 Å². The molecule has 0 radical (unpaired) electrons. The third kappa shape index (κ3) is 4.01. The molecule has 0 fully saturated rings. The third-order valence-corrected chi connectivity index (χ3v) is 4.31. The average molecular weight is 365 g/mol. The molecule has 130 valence electrons. The monoisotopic (exact) mass is 364 g/mol. The van der Waals surface area contributed by atoms with Gasteiger partial charge in [-0.15, -0.1) is 0 Å². The number of hydrogen-bond acceptors (Lipinski definition) is 3. The number of ketones is 1. The Bertz CT molecular complexity index is 918. The van der Waals surface area contributed by atoms with Crippen molar-refractivity contribution in [2.75, 3.05) is 0 Å². The van der Waals surface area contributed by atoms with Crippen LogP contribution in [0, 0.1) is 6.92 Å². The van der Waals surface area contributed by atoms with Crippen LogP contribution in [0.25, 0.3) is 0 Å². The van der Waals surface area contributed by atoms with Crippen LogP contribution in [0.2, 0.25) is 5.02 Å². The molecule has 4 heteroatoms. The minimum atomic E-state index is -1.04. The van der Waals surface area contributed by atoms with Gasteiger partial charge < -0.3 is 4.74 Å². The van der Waals surface area contributed by atoms with Crippen molar-refractivity contribution in [2.24, 2.45) is 0 Å². The maximum Gasteiger partial charge on any atom is 0.339 e. The molecule has 0 aliphatic carbocycles. The molecule has 0 amide bonds. The smallest absolute Gasteiger partial charge is 0.339 e. The lowest BCUT2D eigenvalue weighted by molar-refractivity contribution is 0.0279. The summed E-state index contributed by atoms with van der Waals surface area (Å²) in [6, 6.07) is 22.6. The first kappa shape index (κ1) is 17.9. The van der Waals surface area contributed by atoms with Crippen molar-refractivity contribution < 1.29 is 14.3 Å². The molecule has 0 spiro atoms. The summed E-state index contributed by atoms with van der Waals surface area (Å²) in [6.45, 7) is 1.83. The van der Waals surface area contributed by atoms with Crippen molar-refractivity contribution >= 4 is 23.4 Å². The van der Waals surface area contributed by atoms with Crippen LogP contribution >= 0.6 is 11.6 Å². The SMILES string of the molecule is Cc1ccccc1C(=O)O[C@@H](C(=O)c1ccccc1)c1ccc(Cl)cc1. The van der Waals surface area contributed by atoms with Crippen LogP contribution in [0.4, 0.5) is 0 Å². The second-order valence-electron chi connectivity index (χ2n) is 5.88. The lowest BCUT2D eigenvalue weighted by Gasteiger charge is -2.18. The molecular weight excluding hydrogens is 348 g/mol. The zero-order valence-electron chi connectivity index (χ0n) is 14.2. The maximum atomic E-state index is 13.0. The van der Waals surface area contributed by atoms with E-state index in [2.05, 4.69) is 0 Å². The van der Waals surface area contributed by atoms with E-state index in [4.69, 9.17) is 16.3 Å². The zero-order valence-corrected chi connectivity index (χ0v) is 14.9. The second kappa shape index (κ2) is 7.98. The van der Waals surface area contributed by atoms with E-state index in [0.29, 0.717) is 21.7 Å². The Morgan fingerprint density at radius 2 is 1.46 bits per heavy atom. The first-order valence-corrected chi connectivity index (χ1v) is 8.55. The van der Waals surface area contributed by atoms with Crippen molar-refractivity contribution in [3.8, 4) is 0 Å². The van der Waals surface area contributed by atoms with Crippen molar-refractivity contribution in [1.82, 2.24) is 0 Å². The van der Waals surface area contributed by atoms with Gasteiger partial charge in [-0.3, -0.25) is 4.79 Å². The highest BCUT2D eigenvalue weighted by Gasteiger charge is 2.27. The standard InChI is InChI=1S/C22H17ClO3/c1-15-7-5-6-10-19(15)22(25)26-21(17-11-13-18(23)14-12-17)20(24)16-8-3-2-4-9-16/h2-14,21H,1H3/t21-/m1/s1. The predicted octanol–water partition coefficient (Wildman–Crippen LogP) is 5.43. The Morgan fingerprint density at radius 1 is 0.846 bits per heavy atom. The van der Waals surface area contributed by atoms with Crippen LogP contribution in [-0.2, 0) is 4.74 Å². The maximum absolute atomic E-state index is 13.0. The van der Waals surface area contributed by atoms with E-state index in [1.54, 1.807) is 60.7 Å². The molecule has 0 aliphatic rings. The molecule has 0 bridgehead atoms. The summed E-state index contributed by atoms with van der Waals surface area (Å²) in [7, 11) is 0. The van der Waals surface area contributed by atoms with E-state index in [1.807, 2.05) is 25.1 Å². The largest absolute Gasteiger partial charge is 0.445 e. The van der Waals surface area contributed by atoms with Crippen LogP contribution in [-0.4, -0.2) is 11.8 Å². The Kier molecular flexibility index (Phi) is 5.49. The number of hydrogen-bond donors (Lipinski definition) is 0. The van der Waals surface area contributed by atoms with Crippen molar-refractivity contribution in [3.05, 3.63) is 106 Å². The molecule has 0 aliphatic heterocycles. The molecule has 26 heavy (non-hydrogen) atoms. The van der Waals surface area contributed by atoms with E-state index in [9.17, 15) is 9.59 Å². The average Bonchev–Trinajstić information content (AvgIpc) is 2.67. The molecule has 0 aromatic heterocycles. The fourth-order valence-corrected chi connectivity index (χ4v) is 2.76. The summed E-state index contributed by atoms with van der Waals surface area (Å²) in [6.07, 6.45) is -1.04. The van der Waals surface area contributed by atoms with Crippen molar-refractivity contribution in [1.29, 1.82) is 0 Å². The summed E-state index contributed by atoms with van der Waals surface area (Å²) < 4.78 is 5.63. The van der Waals surface area contributed by atoms with Gasteiger partial charge in [0.2, 0.25) is 5.78 Å². The van der Waals surface area contributed by atoms with Gasteiger partial charge in [-0.05, 0) is 30.7 Å². The normalized spacial score (nSPS) is 11.6. The molecule has 3 aromatic rings. The van der Waals surface area contributed by atoms with Gasteiger partial charge in [0.15, 0.2) is 6.10 Å². The number of carbonyl (C=O) groups excluding carboxylic acids is 2. The summed E-state index contributed by atoms with van der Waals surface area (Å²) in [5, 5.41) is 0.546. The predicted molar refractivity (Wildman–Crippen MR) is 102 cm³/mol. The van der Waals surface area contributed by atoms with Gasteiger partial charge in [0, 0.05) is 16.1 Å². The molecule has 3 nitrogen and oxygen atoms in total. The quantitative estimate of drug-likeness (QED) is 0.448.